The molecule has 0 saturated carbocycles. The Balaban J connectivity index is 2.00. The van der Waals surface area contributed by atoms with Crippen LogP contribution in [-0.2, 0) is 0 Å². The molecule has 0 aromatic heterocycles. The molecule has 2 rings (SSSR count). The molecule has 2 unspecified atom stereocenters. The van der Waals surface area contributed by atoms with Crippen molar-refractivity contribution in [3.05, 3.63) is 34.3 Å². The lowest BCUT2D eigenvalue weighted by Crippen LogP contribution is -2.46. The van der Waals surface area contributed by atoms with Gasteiger partial charge in [-0.05, 0) is 50.9 Å². The van der Waals surface area contributed by atoms with Gasteiger partial charge in [0.2, 0.25) is 0 Å². The standard InChI is InChI=1S/C14H19ClN2O/c1-9-3-4-11(8-13(9)15)14(18)17-12-5-6-16-10(2)7-12/h3-4,8,10,12,16H,5-7H2,1-2H3,(H,17,18). The molecule has 2 N–H and O–H groups in total. The lowest BCUT2D eigenvalue weighted by molar-refractivity contribution is 0.0925. The van der Waals surface area contributed by atoms with Crippen LogP contribution in [-0.4, -0.2) is 24.5 Å². The zero-order chi connectivity index (χ0) is 13.1. The molecule has 1 aromatic rings. The summed E-state index contributed by atoms with van der Waals surface area (Å²) < 4.78 is 0. The Morgan fingerprint density at radius 1 is 1.50 bits per heavy atom. The van der Waals surface area contributed by atoms with Crippen molar-refractivity contribution < 1.29 is 4.79 Å². The molecule has 0 radical (unpaired) electrons. The molecule has 98 valence electrons. The molecular weight excluding hydrogens is 248 g/mol. The van der Waals surface area contributed by atoms with Crippen LogP contribution in [0, 0.1) is 6.92 Å². The van der Waals surface area contributed by atoms with Crippen molar-refractivity contribution in [1.82, 2.24) is 10.6 Å². The summed E-state index contributed by atoms with van der Waals surface area (Å²) in [5.74, 6) is -0.0315. The number of aryl methyl sites for hydroxylation is 1. The highest BCUT2D eigenvalue weighted by molar-refractivity contribution is 6.31. The van der Waals surface area contributed by atoms with Gasteiger partial charge >= 0.3 is 0 Å². The zero-order valence-electron chi connectivity index (χ0n) is 10.8. The minimum atomic E-state index is -0.0315. The van der Waals surface area contributed by atoms with E-state index < -0.39 is 0 Å². The second-order valence-electron chi connectivity index (χ2n) is 5.01. The lowest BCUT2D eigenvalue weighted by atomic mass is 10.00. The fourth-order valence-electron chi connectivity index (χ4n) is 2.27. The molecule has 2 atom stereocenters. The molecule has 3 nitrogen and oxygen atoms in total. The Kier molecular flexibility index (Phi) is 4.25. The topological polar surface area (TPSA) is 41.1 Å². The van der Waals surface area contributed by atoms with Gasteiger partial charge in [0.15, 0.2) is 0 Å². The maximum Gasteiger partial charge on any atom is 0.251 e. The van der Waals surface area contributed by atoms with E-state index in [1.807, 2.05) is 19.1 Å². The number of hydrogen-bond acceptors (Lipinski definition) is 2. The fraction of sp³-hybridized carbons (Fsp3) is 0.500. The molecule has 1 heterocycles. The van der Waals surface area contributed by atoms with Crippen molar-refractivity contribution in [3.8, 4) is 0 Å². The van der Waals surface area contributed by atoms with Gasteiger partial charge in [0.25, 0.3) is 5.91 Å². The normalized spacial score (nSPS) is 23.7. The van der Waals surface area contributed by atoms with E-state index in [9.17, 15) is 4.79 Å². The molecule has 0 aliphatic carbocycles. The largest absolute Gasteiger partial charge is 0.349 e. The third-order valence-corrected chi connectivity index (χ3v) is 3.80. The van der Waals surface area contributed by atoms with E-state index in [0.717, 1.165) is 24.9 Å². The van der Waals surface area contributed by atoms with Crippen LogP contribution in [0.5, 0.6) is 0 Å². The van der Waals surface area contributed by atoms with Gasteiger partial charge in [-0.2, -0.15) is 0 Å². The Bertz CT molecular complexity index is 447. The van der Waals surface area contributed by atoms with Crippen molar-refractivity contribution in [2.24, 2.45) is 0 Å². The van der Waals surface area contributed by atoms with E-state index in [4.69, 9.17) is 11.6 Å². The number of rotatable bonds is 2. The van der Waals surface area contributed by atoms with Crippen molar-refractivity contribution in [3.63, 3.8) is 0 Å². The average molecular weight is 267 g/mol. The Labute approximate surface area is 113 Å². The Morgan fingerprint density at radius 2 is 2.28 bits per heavy atom. The number of hydrogen-bond donors (Lipinski definition) is 2. The summed E-state index contributed by atoms with van der Waals surface area (Å²) in [5.41, 5.74) is 1.63. The van der Waals surface area contributed by atoms with Crippen LogP contribution < -0.4 is 10.6 Å². The Morgan fingerprint density at radius 3 is 2.94 bits per heavy atom. The highest BCUT2D eigenvalue weighted by Crippen LogP contribution is 2.17. The second-order valence-corrected chi connectivity index (χ2v) is 5.42. The first kappa shape index (κ1) is 13.4. The third kappa shape index (κ3) is 3.24. The van der Waals surface area contributed by atoms with E-state index in [1.54, 1.807) is 6.07 Å². The molecule has 1 saturated heterocycles. The minimum absolute atomic E-state index is 0.0315. The molecule has 1 aliphatic rings. The smallest absolute Gasteiger partial charge is 0.251 e. The molecule has 0 bridgehead atoms. The van der Waals surface area contributed by atoms with E-state index in [0.29, 0.717) is 16.6 Å². The summed E-state index contributed by atoms with van der Waals surface area (Å²) in [6.45, 7) is 5.03. The first-order valence-corrected chi connectivity index (χ1v) is 6.74. The molecule has 0 spiro atoms. The van der Waals surface area contributed by atoms with Gasteiger partial charge < -0.3 is 10.6 Å². The number of benzene rings is 1. The molecule has 18 heavy (non-hydrogen) atoms. The predicted octanol–water partition coefficient (Wildman–Crippen LogP) is 2.52. The van der Waals surface area contributed by atoms with Gasteiger partial charge in [-0.25, -0.2) is 0 Å². The third-order valence-electron chi connectivity index (χ3n) is 3.39. The quantitative estimate of drug-likeness (QED) is 0.864. The SMILES string of the molecule is Cc1ccc(C(=O)NC2CCNC(C)C2)cc1Cl. The van der Waals surface area contributed by atoms with Crippen LogP contribution >= 0.6 is 11.6 Å². The van der Waals surface area contributed by atoms with E-state index in [-0.39, 0.29) is 11.9 Å². The Hall–Kier alpha value is -1.06. The van der Waals surface area contributed by atoms with Gasteiger partial charge in [-0.1, -0.05) is 17.7 Å². The maximum absolute atomic E-state index is 12.1. The molecule has 1 aliphatic heterocycles. The van der Waals surface area contributed by atoms with Crippen LogP contribution in [0.15, 0.2) is 18.2 Å². The molecular formula is C14H19ClN2O. The monoisotopic (exact) mass is 266 g/mol. The number of nitrogens with one attached hydrogen (secondary N) is 2. The summed E-state index contributed by atoms with van der Waals surface area (Å²) in [6, 6.07) is 6.15. The maximum atomic E-state index is 12.1. The molecule has 1 fully saturated rings. The van der Waals surface area contributed by atoms with Gasteiger partial charge in [0.1, 0.15) is 0 Å². The van der Waals surface area contributed by atoms with Gasteiger partial charge in [0, 0.05) is 22.7 Å². The molecule has 1 aromatic carbocycles. The minimum Gasteiger partial charge on any atom is -0.349 e. The average Bonchev–Trinajstić information content (AvgIpc) is 2.32. The summed E-state index contributed by atoms with van der Waals surface area (Å²) in [6.07, 6.45) is 1.96. The first-order valence-electron chi connectivity index (χ1n) is 6.36. The summed E-state index contributed by atoms with van der Waals surface area (Å²) in [4.78, 5) is 12.1. The van der Waals surface area contributed by atoms with Gasteiger partial charge in [-0.3, -0.25) is 4.79 Å². The van der Waals surface area contributed by atoms with Gasteiger partial charge in [-0.15, -0.1) is 0 Å². The lowest BCUT2D eigenvalue weighted by Gasteiger charge is -2.28. The van der Waals surface area contributed by atoms with Crippen LogP contribution in [0.1, 0.15) is 35.7 Å². The van der Waals surface area contributed by atoms with E-state index >= 15 is 0 Å². The van der Waals surface area contributed by atoms with E-state index in [2.05, 4.69) is 17.6 Å². The van der Waals surface area contributed by atoms with Crippen molar-refractivity contribution >= 4 is 17.5 Å². The number of piperidine rings is 1. The van der Waals surface area contributed by atoms with Crippen molar-refractivity contribution in [2.45, 2.75) is 38.8 Å². The zero-order valence-corrected chi connectivity index (χ0v) is 11.6. The molecule has 4 heteroatoms. The van der Waals surface area contributed by atoms with Crippen LogP contribution in [0.3, 0.4) is 0 Å². The van der Waals surface area contributed by atoms with Gasteiger partial charge in [0.05, 0.1) is 0 Å². The number of carbonyl (C=O) groups is 1. The van der Waals surface area contributed by atoms with Crippen LogP contribution in [0.25, 0.3) is 0 Å². The summed E-state index contributed by atoms with van der Waals surface area (Å²) in [7, 11) is 0. The second kappa shape index (κ2) is 5.72. The van der Waals surface area contributed by atoms with Crippen LogP contribution in [0.4, 0.5) is 0 Å². The predicted molar refractivity (Wildman–Crippen MR) is 74.1 cm³/mol. The molecule has 1 amide bonds. The van der Waals surface area contributed by atoms with Crippen molar-refractivity contribution in [2.75, 3.05) is 6.54 Å². The highest BCUT2D eigenvalue weighted by Gasteiger charge is 2.20. The number of carbonyl (C=O) groups excluding carboxylic acids is 1. The van der Waals surface area contributed by atoms with E-state index in [1.165, 1.54) is 0 Å². The fourth-order valence-corrected chi connectivity index (χ4v) is 2.45. The number of halogens is 1. The summed E-state index contributed by atoms with van der Waals surface area (Å²) in [5, 5.41) is 7.08. The first-order chi connectivity index (χ1) is 8.56. The number of amides is 1. The van der Waals surface area contributed by atoms with Crippen molar-refractivity contribution in [1.29, 1.82) is 0 Å². The van der Waals surface area contributed by atoms with Crippen LogP contribution in [0.2, 0.25) is 5.02 Å². The summed E-state index contributed by atoms with van der Waals surface area (Å²) >= 11 is 6.03. The highest BCUT2D eigenvalue weighted by atomic mass is 35.5.